The van der Waals surface area contributed by atoms with Crippen molar-refractivity contribution in [2.75, 3.05) is 11.1 Å². The molecule has 2 aromatic heterocycles. The lowest BCUT2D eigenvalue weighted by Crippen LogP contribution is -2.11. The summed E-state index contributed by atoms with van der Waals surface area (Å²) in [6.45, 7) is 0. The molecule has 0 unspecified atom stereocenters. The second-order valence-electron chi connectivity index (χ2n) is 7.56. The van der Waals surface area contributed by atoms with Gasteiger partial charge in [0, 0.05) is 31.7 Å². The van der Waals surface area contributed by atoms with Crippen molar-refractivity contribution in [1.82, 2.24) is 4.98 Å². The molecule has 0 fully saturated rings. The molecule has 1 amide bonds. The van der Waals surface area contributed by atoms with Gasteiger partial charge in [0.05, 0.1) is 11.4 Å². The minimum atomic E-state index is -0.321. The lowest BCUT2D eigenvalue weighted by molar-refractivity contribution is 0.103. The Kier molecular flexibility index (Phi) is 6.19. The van der Waals surface area contributed by atoms with Crippen LogP contribution in [0.4, 0.5) is 11.4 Å². The average molecular weight is 525 g/mol. The van der Waals surface area contributed by atoms with Crippen LogP contribution in [0.2, 0.25) is 15.1 Å². The third kappa shape index (κ3) is 4.48. The number of carbonyl (C=O) groups excluding carboxylic acids is 1. The summed E-state index contributed by atoms with van der Waals surface area (Å²) in [5.74, 6) is -0.321. The standard InChI is InChI=1S/C26H16Cl3N3OS/c27-16-8-4-14(5-9-16)20-13-21(15-6-10-17(28)11-7-15)32-26-22(20)23(30)24(34-26)25(33)31-19-3-1-2-18(29)12-19/h1-13H,30H2,(H,31,33). The normalized spacial score (nSPS) is 11.0. The van der Waals surface area contributed by atoms with Gasteiger partial charge in [-0.25, -0.2) is 4.98 Å². The van der Waals surface area contributed by atoms with Crippen molar-refractivity contribution in [3.63, 3.8) is 0 Å². The smallest absolute Gasteiger partial charge is 0.267 e. The molecular weight excluding hydrogens is 509 g/mol. The van der Waals surface area contributed by atoms with E-state index >= 15 is 0 Å². The van der Waals surface area contributed by atoms with Crippen LogP contribution in [0.15, 0.2) is 78.9 Å². The van der Waals surface area contributed by atoms with Gasteiger partial charge in [-0.1, -0.05) is 65.1 Å². The lowest BCUT2D eigenvalue weighted by atomic mass is 9.99. The molecule has 3 N–H and O–H groups in total. The third-order valence-corrected chi connectivity index (χ3v) is 7.12. The van der Waals surface area contributed by atoms with E-state index in [0.717, 1.165) is 27.8 Å². The van der Waals surface area contributed by atoms with Gasteiger partial charge in [-0.2, -0.15) is 0 Å². The summed E-state index contributed by atoms with van der Waals surface area (Å²) in [6, 6.07) is 23.9. The first kappa shape index (κ1) is 22.7. The maximum atomic E-state index is 13.1. The summed E-state index contributed by atoms with van der Waals surface area (Å²) >= 11 is 19.5. The Labute approximate surface area is 214 Å². The fraction of sp³-hybridized carbons (Fsp3) is 0. The summed E-state index contributed by atoms with van der Waals surface area (Å²) < 4.78 is 0. The monoisotopic (exact) mass is 523 g/mol. The number of anilines is 2. The molecule has 0 saturated carbocycles. The minimum absolute atomic E-state index is 0.321. The maximum Gasteiger partial charge on any atom is 0.267 e. The van der Waals surface area contributed by atoms with Gasteiger partial charge in [-0.05, 0) is 59.7 Å². The van der Waals surface area contributed by atoms with Crippen LogP contribution < -0.4 is 11.1 Å². The molecule has 2 heterocycles. The van der Waals surface area contributed by atoms with Crippen LogP contribution in [-0.4, -0.2) is 10.9 Å². The molecule has 0 bridgehead atoms. The zero-order chi connectivity index (χ0) is 23.8. The van der Waals surface area contributed by atoms with E-state index in [1.165, 1.54) is 11.3 Å². The Bertz CT molecular complexity index is 1530. The molecule has 8 heteroatoms. The van der Waals surface area contributed by atoms with Gasteiger partial charge in [0.2, 0.25) is 0 Å². The Morgan fingerprint density at radius 2 is 1.47 bits per heavy atom. The highest BCUT2D eigenvalue weighted by Gasteiger charge is 2.22. The molecule has 4 nitrogen and oxygen atoms in total. The van der Waals surface area contributed by atoms with Crippen molar-refractivity contribution in [1.29, 1.82) is 0 Å². The summed E-state index contributed by atoms with van der Waals surface area (Å²) in [7, 11) is 0. The number of amides is 1. The number of nitrogen functional groups attached to an aromatic ring is 1. The Hall–Kier alpha value is -3.09. The summed E-state index contributed by atoms with van der Waals surface area (Å²) in [4.78, 5) is 19.0. The largest absolute Gasteiger partial charge is 0.397 e. The van der Waals surface area contributed by atoms with E-state index in [1.807, 2.05) is 54.6 Å². The van der Waals surface area contributed by atoms with Crippen molar-refractivity contribution in [2.45, 2.75) is 0 Å². The van der Waals surface area contributed by atoms with E-state index in [9.17, 15) is 4.79 Å². The number of aromatic nitrogens is 1. The first-order valence-corrected chi connectivity index (χ1v) is 12.2. The van der Waals surface area contributed by atoms with E-state index in [2.05, 4.69) is 5.32 Å². The number of nitrogens with one attached hydrogen (secondary N) is 1. The minimum Gasteiger partial charge on any atom is -0.397 e. The topological polar surface area (TPSA) is 68.0 Å². The molecule has 0 radical (unpaired) electrons. The fourth-order valence-corrected chi connectivity index (χ4v) is 5.13. The van der Waals surface area contributed by atoms with Crippen LogP contribution in [-0.2, 0) is 0 Å². The van der Waals surface area contributed by atoms with Crippen molar-refractivity contribution in [3.05, 3.63) is 98.8 Å². The number of nitrogens with two attached hydrogens (primary N) is 1. The summed E-state index contributed by atoms with van der Waals surface area (Å²) in [6.07, 6.45) is 0. The first-order valence-electron chi connectivity index (χ1n) is 10.2. The number of carbonyl (C=O) groups is 1. The molecule has 168 valence electrons. The molecule has 0 aliphatic heterocycles. The van der Waals surface area contributed by atoms with E-state index in [-0.39, 0.29) is 5.91 Å². The number of fused-ring (bicyclic) bond motifs is 1. The highest BCUT2D eigenvalue weighted by atomic mass is 35.5. The van der Waals surface area contributed by atoms with Gasteiger partial charge < -0.3 is 11.1 Å². The van der Waals surface area contributed by atoms with E-state index < -0.39 is 0 Å². The molecule has 0 aliphatic rings. The maximum absolute atomic E-state index is 13.1. The highest BCUT2D eigenvalue weighted by molar-refractivity contribution is 7.21. The van der Waals surface area contributed by atoms with Crippen LogP contribution in [0.25, 0.3) is 32.6 Å². The van der Waals surface area contributed by atoms with Gasteiger partial charge in [0.25, 0.3) is 5.91 Å². The molecular formula is C26H16Cl3N3OS. The summed E-state index contributed by atoms with van der Waals surface area (Å²) in [5.41, 5.74) is 10.9. The van der Waals surface area contributed by atoms with Gasteiger partial charge >= 0.3 is 0 Å². The first-order chi connectivity index (χ1) is 16.4. The molecule has 5 rings (SSSR count). The number of rotatable bonds is 4. The second-order valence-corrected chi connectivity index (χ2v) is 9.87. The Balaban J connectivity index is 1.67. The highest BCUT2D eigenvalue weighted by Crippen LogP contribution is 2.42. The van der Waals surface area contributed by atoms with Crippen LogP contribution in [0.3, 0.4) is 0 Å². The van der Waals surface area contributed by atoms with Crippen molar-refractivity contribution in [2.24, 2.45) is 0 Å². The van der Waals surface area contributed by atoms with Crippen LogP contribution in [0.1, 0.15) is 9.67 Å². The van der Waals surface area contributed by atoms with Crippen LogP contribution in [0, 0.1) is 0 Å². The number of benzene rings is 3. The van der Waals surface area contributed by atoms with Crippen LogP contribution >= 0.6 is 46.1 Å². The zero-order valence-electron chi connectivity index (χ0n) is 17.5. The Morgan fingerprint density at radius 1 is 0.824 bits per heavy atom. The SMILES string of the molecule is Nc1c(C(=O)Nc2cccc(Cl)c2)sc2nc(-c3ccc(Cl)cc3)cc(-c3ccc(Cl)cc3)c12. The molecule has 0 spiro atoms. The molecule has 34 heavy (non-hydrogen) atoms. The zero-order valence-corrected chi connectivity index (χ0v) is 20.6. The quantitative estimate of drug-likeness (QED) is 0.248. The average Bonchev–Trinajstić information content (AvgIpc) is 3.16. The van der Waals surface area contributed by atoms with Gasteiger partial charge in [-0.3, -0.25) is 4.79 Å². The van der Waals surface area contributed by atoms with Gasteiger partial charge in [0.1, 0.15) is 9.71 Å². The number of thiophene rings is 1. The number of nitrogens with zero attached hydrogens (tertiary/aromatic N) is 1. The third-order valence-electron chi connectivity index (χ3n) is 5.28. The fourth-order valence-electron chi connectivity index (χ4n) is 3.67. The van der Waals surface area contributed by atoms with E-state index in [0.29, 0.717) is 36.2 Å². The molecule has 0 saturated heterocycles. The van der Waals surface area contributed by atoms with Crippen molar-refractivity contribution >= 4 is 73.6 Å². The van der Waals surface area contributed by atoms with Gasteiger partial charge in [0.15, 0.2) is 0 Å². The van der Waals surface area contributed by atoms with E-state index in [1.54, 1.807) is 24.3 Å². The number of halogens is 3. The Morgan fingerprint density at radius 3 is 2.12 bits per heavy atom. The van der Waals surface area contributed by atoms with Crippen molar-refractivity contribution in [3.8, 4) is 22.4 Å². The molecule has 5 aromatic rings. The van der Waals surface area contributed by atoms with E-state index in [4.69, 9.17) is 45.5 Å². The number of hydrogen-bond donors (Lipinski definition) is 2. The summed E-state index contributed by atoms with van der Waals surface area (Å²) in [5, 5.41) is 5.39. The number of pyridine rings is 1. The van der Waals surface area contributed by atoms with Gasteiger partial charge in [-0.15, -0.1) is 11.3 Å². The molecule has 0 atom stereocenters. The molecule has 3 aromatic carbocycles. The predicted octanol–water partition coefficient (Wildman–Crippen LogP) is 8.43. The van der Waals surface area contributed by atoms with Crippen LogP contribution in [0.5, 0.6) is 0 Å². The number of hydrogen-bond acceptors (Lipinski definition) is 4. The second kappa shape index (κ2) is 9.28. The predicted molar refractivity (Wildman–Crippen MR) is 144 cm³/mol. The molecule has 0 aliphatic carbocycles. The van der Waals surface area contributed by atoms with Crippen molar-refractivity contribution < 1.29 is 4.79 Å². The lowest BCUT2D eigenvalue weighted by Gasteiger charge is -2.09.